The molecule has 7 rings (SSSR count). The lowest BCUT2D eigenvalue weighted by molar-refractivity contribution is -0.984. The molecule has 2 bridgehead atoms. The zero-order chi connectivity index (χ0) is 22.4. The lowest BCUT2D eigenvalue weighted by Gasteiger charge is -2.58. The molecular weight excluding hydrogens is 404 g/mol. The second-order valence-corrected chi connectivity index (χ2v) is 10.0. The van der Waals surface area contributed by atoms with Crippen LogP contribution in [0.2, 0.25) is 0 Å². The Bertz CT molecular complexity index is 1320. The van der Waals surface area contributed by atoms with Crippen molar-refractivity contribution in [3.63, 3.8) is 0 Å². The maximum atomic E-state index is 11.9. The zero-order valence-corrected chi connectivity index (χ0v) is 19.0. The molecular formula is C30H31N2O+. The van der Waals surface area contributed by atoms with Gasteiger partial charge in [0.2, 0.25) is 0 Å². The van der Waals surface area contributed by atoms with Crippen LogP contribution in [0.4, 0.5) is 0 Å². The largest absolute Gasteiger partial charge is 0.382 e. The summed E-state index contributed by atoms with van der Waals surface area (Å²) in [7, 11) is 0. The quantitative estimate of drug-likeness (QED) is 0.307. The molecule has 0 spiro atoms. The van der Waals surface area contributed by atoms with E-state index in [0.717, 1.165) is 47.0 Å². The molecule has 3 aliphatic rings. The SMILES string of the molecule is C=C[C@H]1C[N@+]2(Cc3cccc4ccccc34)CC[C@H]1C[C@H]2[C@H](O)c1ccnc2ccccc12. The first-order chi connectivity index (χ1) is 16.2. The van der Waals surface area contributed by atoms with E-state index in [9.17, 15) is 5.11 Å². The van der Waals surface area contributed by atoms with Gasteiger partial charge in [-0.05, 0) is 34.4 Å². The highest BCUT2D eigenvalue weighted by Gasteiger charge is 2.54. The Balaban J connectivity index is 1.44. The van der Waals surface area contributed by atoms with E-state index in [1.165, 1.54) is 22.8 Å². The number of para-hydroxylation sites is 1. The summed E-state index contributed by atoms with van der Waals surface area (Å²) >= 11 is 0. The first kappa shape index (κ1) is 20.6. The molecule has 33 heavy (non-hydrogen) atoms. The van der Waals surface area contributed by atoms with Gasteiger partial charge in [0.1, 0.15) is 18.7 Å². The Morgan fingerprint density at radius 3 is 2.67 bits per heavy atom. The number of aromatic nitrogens is 1. The number of hydrogen-bond donors (Lipinski definition) is 1. The fourth-order valence-corrected chi connectivity index (χ4v) is 6.73. The number of pyridine rings is 1. The Labute approximate surface area is 195 Å². The number of fused-ring (bicyclic) bond motifs is 5. The van der Waals surface area contributed by atoms with Crippen molar-refractivity contribution in [1.82, 2.24) is 4.98 Å². The molecule has 3 heteroatoms. The van der Waals surface area contributed by atoms with Crippen LogP contribution in [0.15, 0.2) is 91.6 Å². The van der Waals surface area contributed by atoms with Gasteiger partial charge in [0, 0.05) is 35.9 Å². The summed E-state index contributed by atoms with van der Waals surface area (Å²) in [6, 6.07) is 25.7. The van der Waals surface area contributed by atoms with Crippen LogP contribution in [0, 0.1) is 11.8 Å². The highest BCUT2D eigenvalue weighted by Crippen LogP contribution is 2.48. The van der Waals surface area contributed by atoms with Crippen molar-refractivity contribution in [2.24, 2.45) is 11.8 Å². The van der Waals surface area contributed by atoms with Crippen molar-refractivity contribution in [2.75, 3.05) is 13.1 Å². The number of hydrogen-bond acceptors (Lipinski definition) is 2. The number of quaternary nitrogens is 1. The molecule has 3 aromatic carbocycles. The lowest BCUT2D eigenvalue weighted by Crippen LogP contribution is -2.67. The second-order valence-electron chi connectivity index (χ2n) is 10.0. The predicted molar refractivity (Wildman–Crippen MR) is 135 cm³/mol. The number of nitrogens with zero attached hydrogens (tertiary/aromatic N) is 2. The van der Waals surface area contributed by atoms with E-state index in [1.54, 1.807) is 0 Å². The minimum absolute atomic E-state index is 0.171. The van der Waals surface area contributed by atoms with Crippen molar-refractivity contribution in [3.8, 4) is 0 Å². The van der Waals surface area contributed by atoms with Gasteiger partial charge >= 0.3 is 0 Å². The van der Waals surface area contributed by atoms with Crippen molar-refractivity contribution in [2.45, 2.75) is 31.5 Å². The van der Waals surface area contributed by atoms with Crippen molar-refractivity contribution >= 4 is 21.7 Å². The lowest BCUT2D eigenvalue weighted by atomic mass is 9.71. The van der Waals surface area contributed by atoms with E-state index < -0.39 is 6.10 Å². The van der Waals surface area contributed by atoms with Gasteiger partial charge in [-0.2, -0.15) is 0 Å². The summed E-state index contributed by atoms with van der Waals surface area (Å²) in [5.41, 5.74) is 3.35. The fraction of sp³-hybridized carbons (Fsp3) is 0.300. The van der Waals surface area contributed by atoms with Gasteiger partial charge in [0.25, 0.3) is 0 Å². The molecule has 3 nitrogen and oxygen atoms in total. The van der Waals surface area contributed by atoms with Crippen molar-refractivity contribution in [1.29, 1.82) is 0 Å². The van der Waals surface area contributed by atoms with Crippen LogP contribution in [0.25, 0.3) is 21.7 Å². The van der Waals surface area contributed by atoms with Gasteiger partial charge in [-0.25, -0.2) is 0 Å². The van der Waals surface area contributed by atoms with E-state index in [0.29, 0.717) is 11.8 Å². The Morgan fingerprint density at radius 1 is 1.00 bits per heavy atom. The fourth-order valence-electron chi connectivity index (χ4n) is 6.73. The van der Waals surface area contributed by atoms with Crippen LogP contribution in [0.1, 0.15) is 30.1 Å². The number of piperidine rings is 3. The van der Waals surface area contributed by atoms with E-state index >= 15 is 0 Å². The second kappa shape index (κ2) is 8.09. The molecule has 4 aromatic rings. The van der Waals surface area contributed by atoms with E-state index in [4.69, 9.17) is 0 Å². The third-order valence-electron chi connectivity index (χ3n) is 8.41. The number of aliphatic hydroxyl groups excluding tert-OH is 1. The zero-order valence-electron chi connectivity index (χ0n) is 19.0. The predicted octanol–water partition coefficient (Wildman–Crippen LogP) is 6.03. The van der Waals surface area contributed by atoms with Crippen molar-refractivity contribution < 1.29 is 9.59 Å². The first-order valence-electron chi connectivity index (χ1n) is 12.2. The first-order valence-corrected chi connectivity index (χ1v) is 12.2. The van der Waals surface area contributed by atoms with Crippen LogP contribution in [0.5, 0.6) is 0 Å². The summed E-state index contributed by atoms with van der Waals surface area (Å²) in [5, 5.41) is 15.6. The van der Waals surface area contributed by atoms with Crippen LogP contribution in [-0.2, 0) is 6.54 Å². The topological polar surface area (TPSA) is 33.1 Å². The average Bonchev–Trinajstić information content (AvgIpc) is 2.88. The van der Waals surface area contributed by atoms with Gasteiger partial charge in [-0.1, -0.05) is 66.7 Å². The van der Waals surface area contributed by atoms with E-state index in [-0.39, 0.29) is 6.04 Å². The minimum atomic E-state index is -0.513. The van der Waals surface area contributed by atoms with E-state index in [2.05, 4.69) is 66.2 Å². The molecule has 4 heterocycles. The molecule has 0 amide bonds. The summed E-state index contributed by atoms with van der Waals surface area (Å²) in [6.45, 7) is 7.30. The van der Waals surface area contributed by atoms with Crippen LogP contribution in [-0.4, -0.2) is 33.7 Å². The summed E-state index contributed by atoms with van der Waals surface area (Å²) in [6.07, 6.45) is 5.76. The van der Waals surface area contributed by atoms with Crippen molar-refractivity contribution in [3.05, 3.63) is 103 Å². The molecule has 0 radical (unpaired) electrons. The molecule has 166 valence electrons. The summed E-state index contributed by atoms with van der Waals surface area (Å²) < 4.78 is 0.930. The van der Waals surface area contributed by atoms with E-state index in [1.807, 2.05) is 30.5 Å². The van der Waals surface area contributed by atoms with Gasteiger partial charge in [-0.15, -0.1) is 6.58 Å². The van der Waals surface area contributed by atoms with Gasteiger partial charge in [0.05, 0.1) is 18.6 Å². The molecule has 3 saturated heterocycles. The van der Waals surface area contributed by atoms with Crippen LogP contribution < -0.4 is 0 Å². The number of benzene rings is 3. The van der Waals surface area contributed by atoms with Crippen LogP contribution in [0.3, 0.4) is 0 Å². The van der Waals surface area contributed by atoms with Gasteiger partial charge < -0.3 is 9.59 Å². The summed E-state index contributed by atoms with van der Waals surface area (Å²) in [4.78, 5) is 4.53. The monoisotopic (exact) mass is 435 g/mol. The number of aliphatic hydroxyl groups is 1. The smallest absolute Gasteiger partial charge is 0.131 e. The van der Waals surface area contributed by atoms with Crippen LogP contribution >= 0.6 is 0 Å². The maximum Gasteiger partial charge on any atom is 0.131 e. The highest BCUT2D eigenvalue weighted by molar-refractivity contribution is 5.85. The average molecular weight is 436 g/mol. The summed E-state index contributed by atoms with van der Waals surface area (Å²) in [5.74, 6) is 1.13. The molecule has 1 aromatic heterocycles. The Hall–Kier alpha value is -3.01. The molecule has 1 N–H and O–H groups in total. The third kappa shape index (κ3) is 3.38. The molecule has 0 aliphatic carbocycles. The molecule has 5 atom stereocenters. The molecule has 0 saturated carbocycles. The maximum absolute atomic E-state index is 11.9. The van der Waals surface area contributed by atoms with Gasteiger partial charge in [0.15, 0.2) is 0 Å². The normalized spacial score (nSPS) is 27.6. The molecule has 0 unspecified atom stereocenters. The highest BCUT2D eigenvalue weighted by atomic mass is 16.3. The minimum Gasteiger partial charge on any atom is -0.382 e. The van der Waals surface area contributed by atoms with Gasteiger partial charge in [-0.3, -0.25) is 4.98 Å². The molecule has 3 fully saturated rings. The Morgan fingerprint density at radius 2 is 1.79 bits per heavy atom. The third-order valence-corrected chi connectivity index (χ3v) is 8.41. The Kier molecular flexibility index (Phi) is 5.05. The standard InChI is InChI=1S/C30H31N2O/c1-2-21-19-32(20-24-10-7-9-22-8-3-4-11-25(22)24)17-15-23(21)18-29(32)30(33)27-14-16-31-28-13-6-5-12-26(27)28/h2-14,16,21,23,29-30,33H,1,15,17-20H2/q+1/t21-,23-,29-,30+,32-/m0/s1. The number of rotatable bonds is 5. The molecule has 3 aliphatic heterocycles.